The van der Waals surface area contributed by atoms with E-state index in [1.54, 1.807) is 0 Å². The monoisotopic (exact) mass is 152 g/mol. The zero-order chi connectivity index (χ0) is 8.10. The molecule has 1 aromatic rings. The van der Waals surface area contributed by atoms with Gasteiger partial charge in [-0.1, -0.05) is 20.3 Å². The Balaban J connectivity index is 2.23. The molecular formula is C9H16N2. The topological polar surface area (TPSA) is 17.8 Å². The molecule has 1 heterocycles. The molecule has 0 aliphatic heterocycles. The second-order valence-corrected chi connectivity index (χ2v) is 3.07. The van der Waals surface area contributed by atoms with Gasteiger partial charge in [0.15, 0.2) is 0 Å². The van der Waals surface area contributed by atoms with Crippen LogP contribution in [0.15, 0.2) is 18.5 Å². The summed E-state index contributed by atoms with van der Waals surface area (Å²) in [4.78, 5) is 0. The Morgan fingerprint density at radius 3 is 2.91 bits per heavy atom. The summed E-state index contributed by atoms with van der Waals surface area (Å²) in [7, 11) is 0. The largest absolute Gasteiger partial charge is 0.273 e. The lowest BCUT2D eigenvalue weighted by Gasteiger charge is -2.07. The van der Waals surface area contributed by atoms with Crippen molar-refractivity contribution in [2.24, 2.45) is 5.92 Å². The summed E-state index contributed by atoms with van der Waals surface area (Å²) in [5.74, 6) is 0.819. The second-order valence-electron chi connectivity index (χ2n) is 3.07. The van der Waals surface area contributed by atoms with Crippen LogP contribution in [0.4, 0.5) is 0 Å². The summed E-state index contributed by atoms with van der Waals surface area (Å²) in [6.07, 6.45) is 6.35. The first kappa shape index (κ1) is 8.31. The van der Waals surface area contributed by atoms with E-state index in [2.05, 4.69) is 18.9 Å². The van der Waals surface area contributed by atoms with E-state index in [9.17, 15) is 0 Å². The number of hydrogen-bond donors (Lipinski definition) is 0. The number of aromatic nitrogens is 2. The highest BCUT2D eigenvalue weighted by atomic mass is 15.3. The van der Waals surface area contributed by atoms with Crippen molar-refractivity contribution in [1.29, 1.82) is 0 Å². The zero-order valence-electron chi connectivity index (χ0n) is 7.33. The third-order valence-corrected chi connectivity index (χ3v) is 2.11. The fourth-order valence-corrected chi connectivity index (χ4v) is 0.990. The van der Waals surface area contributed by atoms with E-state index < -0.39 is 0 Å². The molecular weight excluding hydrogens is 136 g/mol. The Labute approximate surface area is 68.2 Å². The summed E-state index contributed by atoms with van der Waals surface area (Å²) in [5.41, 5.74) is 0. The van der Waals surface area contributed by atoms with Gasteiger partial charge in [-0.2, -0.15) is 5.10 Å². The van der Waals surface area contributed by atoms with Gasteiger partial charge in [-0.25, -0.2) is 0 Å². The zero-order valence-corrected chi connectivity index (χ0v) is 7.33. The molecule has 11 heavy (non-hydrogen) atoms. The number of rotatable bonds is 4. The first-order valence-corrected chi connectivity index (χ1v) is 4.30. The van der Waals surface area contributed by atoms with Crippen LogP contribution in [-0.2, 0) is 6.54 Å². The molecule has 0 aliphatic rings. The van der Waals surface area contributed by atoms with Gasteiger partial charge in [0, 0.05) is 18.9 Å². The van der Waals surface area contributed by atoms with Crippen LogP contribution < -0.4 is 0 Å². The van der Waals surface area contributed by atoms with Crippen LogP contribution in [0.25, 0.3) is 0 Å². The van der Waals surface area contributed by atoms with Gasteiger partial charge in [0.1, 0.15) is 0 Å². The molecule has 0 N–H and O–H groups in total. The van der Waals surface area contributed by atoms with Crippen molar-refractivity contribution in [2.75, 3.05) is 0 Å². The summed E-state index contributed by atoms with van der Waals surface area (Å²) in [6, 6.07) is 1.97. The van der Waals surface area contributed by atoms with Gasteiger partial charge in [-0.3, -0.25) is 4.68 Å². The Kier molecular flexibility index (Phi) is 3.14. The van der Waals surface area contributed by atoms with Gasteiger partial charge < -0.3 is 0 Å². The smallest absolute Gasteiger partial charge is 0.0489 e. The first-order chi connectivity index (χ1) is 5.33. The highest BCUT2D eigenvalue weighted by Gasteiger charge is 1.98. The molecule has 2 nitrogen and oxygen atoms in total. The molecule has 1 unspecified atom stereocenters. The second kappa shape index (κ2) is 4.16. The van der Waals surface area contributed by atoms with Crippen molar-refractivity contribution < 1.29 is 0 Å². The number of nitrogens with zero attached hydrogens (tertiary/aromatic N) is 2. The minimum atomic E-state index is 0.819. The van der Waals surface area contributed by atoms with E-state index in [-0.39, 0.29) is 0 Å². The fraction of sp³-hybridized carbons (Fsp3) is 0.667. The van der Waals surface area contributed by atoms with Gasteiger partial charge in [0.25, 0.3) is 0 Å². The molecule has 0 bridgehead atoms. The maximum absolute atomic E-state index is 4.14. The summed E-state index contributed by atoms with van der Waals surface area (Å²) in [5, 5.41) is 4.14. The van der Waals surface area contributed by atoms with Crippen molar-refractivity contribution in [3.63, 3.8) is 0 Å². The molecule has 1 aromatic heterocycles. The molecule has 62 valence electrons. The van der Waals surface area contributed by atoms with Crippen molar-refractivity contribution >= 4 is 0 Å². The van der Waals surface area contributed by atoms with Crippen LogP contribution in [0.1, 0.15) is 26.7 Å². The van der Waals surface area contributed by atoms with Crippen LogP contribution in [0, 0.1) is 5.92 Å². The third-order valence-electron chi connectivity index (χ3n) is 2.11. The normalized spacial score (nSPS) is 13.3. The summed E-state index contributed by atoms with van der Waals surface area (Å²) in [6.45, 7) is 5.57. The van der Waals surface area contributed by atoms with Crippen LogP contribution in [-0.4, -0.2) is 9.78 Å². The average molecular weight is 152 g/mol. The molecule has 0 saturated heterocycles. The summed E-state index contributed by atoms with van der Waals surface area (Å²) >= 11 is 0. The van der Waals surface area contributed by atoms with Crippen molar-refractivity contribution in [1.82, 2.24) is 9.78 Å². The van der Waals surface area contributed by atoms with E-state index in [4.69, 9.17) is 0 Å². The Morgan fingerprint density at radius 2 is 2.36 bits per heavy atom. The van der Waals surface area contributed by atoms with Gasteiger partial charge in [0.05, 0.1) is 0 Å². The maximum atomic E-state index is 4.14. The lowest BCUT2D eigenvalue weighted by atomic mass is 10.1. The first-order valence-electron chi connectivity index (χ1n) is 4.30. The highest BCUT2D eigenvalue weighted by molar-refractivity contribution is 4.77. The Hall–Kier alpha value is -0.790. The quantitative estimate of drug-likeness (QED) is 0.647. The molecule has 0 amide bonds. The number of hydrogen-bond acceptors (Lipinski definition) is 1. The maximum Gasteiger partial charge on any atom is 0.0489 e. The van der Waals surface area contributed by atoms with E-state index in [0.29, 0.717) is 0 Å². The van der Waals surface area contributed by atoms with E-state index >= 15 is 0 Å². The summed E-state index contributed by atoms with van der Waals surface area (Å²) < 4.78 is 1.99. The molecule has 1 atom stereocenters. The Bertz CT molecular complexity index is 179. The molecule has 0 aromatic carbocycles. The van der Waals surface area contributed by atoms with Gasteiger partial charge in [0.2, 0.25) is 0 Å². The molecule has 0 spiro atoms. The Morgan fingerprint density at radius 1 is 1.55 bits per heavy atom. The van der Waals surface area contributed by atoms with Gasteiger partial charge >= 0.3 is 0 Å². The van der Waals surface area contributed by atoms with Crippen molar-refractivity contribution in [3.8, 4) is 0 Å². The molecule has 0 radical (unpaired) electrons. The molecule has 0 saturated carbocycles. The minimum Gasteiger partial charge on any atom is -0.273 e. The minimum absolute atomic E-state index is 0.819. The van der Waals surface area contributed by atoms with Crippen LogP contribution in [0.5, 0.6) is 0 Å². The molecule has 0 fully saturated rings. The lowest BCUT2D eigenvalue weighted by molar-refractivity contribution is 0.448. The standard InChI is InChI=1S/C9H16N2/c1-3-9(2)5-8-11-7-4-6-10-11/h4,6-7,9H,3,5,8H2,1-2H3. The van der Waals surface area contributed by atoms with Crippen LogP contribution >= 0.6 is 0 Å². The van der Waals surface area contributed by atoms with Crippen LogP contribution in [0.2, 0.25) is 0 Å². The van der Waals surface area contributed by atoms with E-state index in [0.717, 1.165) is 12.5 Å². The van der Waals surface area contributed by atoms with Crippen LogP contribution in [0.3, 0.4) is 0 Å². The number of aryl methyl sites for hydroxylation is 1. The van der Waals surface area contributed by atoms with Crippen molar-refractivity contribution in [3.05, 3.63) is 18.5 Å². The van der Waals surface area contributed by atoms with E-state index in [1.165, 1.54) is 12.8 Å². The third kappa shape index (κ3) is 2.74. The predicted octanol–water partition coefficient (Wildman–Crippen LogP) is 2.32. The van der Waals surface area contributed by atoms with Gasteiger partial charge in [-0.05, 0) is 18.4 Å². The molecule has 1 rings (SSSR count). The lowest BCUT2D eigenvalue weighted by Crippen LogP contribution is -2.02. The molecule has 2 heteroatoms. The van der Waals surface area contributed by atoms with E-state index in [1.807, 2.05) is 23.1 Å². The SMILES string of the molecule is CCC(C)CCn1cccn1. The predicted molar refractivity (Wildman–Crippen MR) is 46.3 cm³/mol. The highest BCUT2D eigenvalue weighted by Crippen LogP contribution is 2.06. The molecule has 0 aliphatic carbocycles. The average Bonchev–Trinajstić information content (AvgIpc) is 2.52. The van der Waals surface area contributed by atoms with Crippen molar-refractivity contribution in [2.45, 2.75) is 33.2 Å². The van der Waals surface area contributed by atoms with Gasteiger partial charge in [-0.15, -0.1) is 0 Å². The fourth-order valence-electron chi connectivity index (χ4n) is 0.990.